The minimum atomic E-state index is -0.664. The molecule has 1 aromatic heterocycles. The van der Waals surface area contributed by atoms with Crippen LogP contribution in [0.1, 0.15) is 34.3 Å². The Hall–Kier alpha value is -4.13. The molecule has 3 aromatic rings. The first-order valence-corrected chi connectivity index (χ1v) is 15.4. The van der Waals surface area contributed by atoms with E-state index in [0.717, 1.165) is 41.8 Å². The number of piperidine rings is 1. The molecule has 236 valence electrons. The van der Waals surface area contributed by atoms with Crippen LogP contribution in [0.5, 0.6) is 5.75 Å². The molecule has 12 heteroatoms. The van der Waals surface area contributed by atoms with Crippen molar-refractivity contribution in [2.75, 3.05) is 58.0 Å². The number of imide groups is 1. The molecule has 4 aliphatic heterocycles. The van der Waals surface area contributed by atoms with Gasteiger partial charge in [-0.25, -0.2) is 4.39 Å². The standard InChI is InChI=1S/C33H36FN5O6/c1-43-19-23-16-37(15-20-10-21-12-24(38-6-8-44-9-7-38)14-35-31(21)27(34)11-20)18-29(23)45-25-2-3-26-22(13-25)17-39(33(26)42)28-4-5-30(40)36-32(28)41/h2-3,10-14,23,28-29H,4-9,15-19H2,1H3,(H,36,40,41)/t23-,28-,29+/m0/s1. The van der Waals surface area contributed by atoms with Gasteiger partial charge in [0.1, 0.15) is 29.2 Å². The maximum atomic E-state index is 15.2. The number of carbonyl (C=O) groups is 3. The lowest BCUT2D eigenvalue weighted by Gasteiger charge is -2.29. The molecule has 45 heavy (non-hydrogen) atoms. The Bertz CT molecular complexity index is 1650. The second-order valence-electron chi connectivity index (χ2n) is 12.2. The van der Waals surface area contributed by atoms with Crippen LogP contribution < -0.4 is 15.0 Å². The van der Waals surface area contributed by atoms with E-state index in [0.29, 0.717) is 56.2 Å². The first-order valence-electron chi connectivity index (χ1n) is 15.4. The van der Waals surface area contributed by atoms with Gasteiger partial charge in [0.25, 0.3) is 5.91 Å². The van der Waals surface area contributed by atoms with Crippen molar-refractivity contribution in [2.24, 2.45) is 5.92 Å². The Morgan fingerprint density at radius 1 is 1.09 bits per heavy atom. The number of halogens is 1. The Morgan fingerprint density at radius 2 is 1.93 bits per heavy atom. The number of anilines is 1. The summed E-state index contributed by atoms with van der Waals surface area (Å²) in [5, 5.41) is 3.11. The van der Waals surface area contributed by atoms with Crippen LogP contribution in [0.25, 0.3) is 10.9 Å². The number of pyridine rings is 1. The average Bonchev–Trinajstić information content (AvgIpc) is 3.56. The lowest BCUT2D eigenvalue weighted by atomic mass is 10.0. The first kappa shape index (κ1) is 29.6. The van der Waals surface area contributed by atoms with Crippen molar-refractivity contribution in [1.29, 1.82) is 0 Å². The van der Waals surface area contributed by atoms with Crippen LogP contribution in [0.3, 0.4) is 0 Å². The lowest BCUT2D eigenvalue weighted by molar-refractivity contribution is -0.136. The Morgan fingerprint density at radius 3 is 2.73 bits per heavy atom. The first-order chi connectivity index (χ1) is 21.9. The molecule has 0 spiro atoms. The van der Waals surface area contributed by atoms with Crippen molar-refractivity contribution in [3.05, 3.63) is 65.1 Å². The van der Waals surface area contributed by atoms with Crippen molar-refractivity contribution in [3.63, 3.8) is 0 Å². The van der Waals surface area contributed by atoms with Crippen molar-refractivity contribution in [2.45, 2.75) is 38.1 Å². The molecule has 0 aliphatic carbocycles. The van der Waals surface area contributed by atoms with Crippen LogP contribution in [-0.4, -0.2) is 97.8 Å². The number of nitrogens with one attached hydrogen (secondary N) is 1. The third-order valence-electron chi connectivity index (χ3n) is 9.18. The van der Waals surface area contributed by atoms with Gasteiger partial charge in [-0.05, 0) is 53.9 Å². The molecule has 0 bridgehead atoms. The van der Waals surface area contributed by atoms with Crippen molar-refractivity contribution in [1.82, 2.24) is 20.1 Å². The van der Waals surface area contributed by atoms with Gasteiger partial charge < -0.3 is 24.0 Å². The minimum absolute atomic E-state index is 0.0877. The molecule has 2 aromatic carbocycles. The van der Waals surface area contributed by atoms with Crippen molar-refractivity contribution >= 4 is 34.3 Å². The summed E-state index contributed by atoms with van der Waals surface area (Å²) < 4.78 is 32.6. The number of aromatic nitrogens is 1. The number of benzene rings is 2. The number of morpholine rings is 1. The third-order valence-corrected chi connectivity index (χ3v) is 9.18. The smallest absolute Gasteiger partial charge is 0.255 e. The summed E-state index contributed by atoms with van der Waals surface area (Å²) >= 11 is 0. The highest BCUT2D eigenvalue weighted by molar-refractivity contribution is 6.05. The van der Waals surface area contributed by atoms with Crippen LogP contribution in [0.15, 0.2) is 42.6 Å². The fourth-order valence-electron chi connectivity index (χ4n) is 6.96. The molecule has 4 aliphatic rings. The molecule has 0 radical (unpaired) electrons. The number of hydrogen-bond acceptors (Lipinski definition) is 9. The highest BCUT2D eigenvalue weighted by atomic mass is 19.1. The summed E-state index contributed by atoms with van der Waals surface area (Å²) in [4.78, 5) is 47.5. The molecule has 0 saturated carbocycles. The van der Waals surface area contributed by atoms with Gasteiger partial charge in [0.2, 0.25) is 11.8 Å². The van der Waals surface area contributed by atoms with Crippen LogP contribution in [0, 0.1) is 11.7 Å². The monoisotopic (exact) mass is 617 g/mol. The second-order valence-corrected chi connectivity index (χ2v) is 12.2. The van der Waals surface area contributed by atoms with Crippen molar-refractivity contribution in [3.8, 4) is 5.75 Å². The van der Waals surface area contributed by atoms with Gasteiger partial charge in [0, 0.05) is 69.7 Å². The van der Waals surface area contributed by atoms with Gasteiger partial charge in [0.15, 0.2) is 0 Å². The third kappa shape index (κ3) is 5.97. The van der Waals surface area contributed by atoms with Gasteiger partial charge in [-0.1, -0.05) is 0 Å². The number of hydrogen-bond donors (Lipinski definition) is 1. The highest BCUT2D eigenvalue weighted by Gasteiger charge is 2.40. The Labute approximate surface area is 260 Å². The van der Waals surface area contributed by atoms with Crippen LogP contribution in [0.4, 0.5) is 10.1 Å². The maximum absolute atomic E-state index is 15.2. The average molecular weight is 618 g/mol. The normalized spacial score (nSPS) is 24.0. The Balaban J connectivity index is 1.04. The summed E-state index contributed by atoms with van der Waals surface area (Å²) in [6.07, 6.45) is 2.08. The topological polar surface area (TPSA) is 114 Å². The molecule has 3 fully saturated rings. The number of amides is 3. The molecule has 0 unspecified atom stereocenters. The Kier molecular flexibility index (Phi) is 8.11. The summed E-state index contributed by atoms with van der Waals surface area (Å²) in [6.45, 7) is 5.57. The summed E-state index contributed by atoms with van der Waals surface area (Å²) in [6, 6.07) is 10.3. The quantitative estimate of drug-likeness (QED) is 0.381. The predicted octanol–water partition coefficient (Wildman–Crippen LogP) is 2.50. The van der Waals surface area contributed by atoms with Gasteiger partial charge in [0.05, 0.1) is 31.7 Å². The second kappa shape index (κ2) is 12.3. The fourth-order valence-corrected chi connectivity index (χ4v) is 6.96. The van der Waals surface area contributed by atoms with Crippen LogP contribution in [0.2, 0.25) is 0 Å². The highest BCUT2D eigenvalue weighted by Crippen LogP contribution is 2.33. The zero-order chi connectivity index (χ0) is 31.1. The molecular weight excluding hydrogens is 581 g/mol. The van der Waals surface area contributed by atoms with E-state index in [9.17, 15) is 14.4 Å². The minimum Gasteiger partial charge on any atom is -0.489 e. The molecule has 3 amide bonds. The zero-order valence-corrected chi connectivity index (χ0v) is 25.2. The zero-order valence-electron chi connectivity index (χ0n) is 25.2. The van der Waals surface area contributed by atoms with E-state index in [1.807, 2.05) is 18.2 Å². The SMILES string of the molecule is COC[C@@H]1CN(Cc2cc(F)c3ncc(N4CCOCC4)cc3c2)C[C@H]1Oc1ccc2c(c1)CN([C@H]1CCC(=O)NC1=O)C2=O. The van der Waals surface area contributed by atoms with Gasteiger partial charge in [-0.3, -0.25) is 29.6 Å². The van der Waals surface area contributed by atoms with E-state index in [2.05, 4.69) is 20.1 Å². The molecule has 11 nitrogen and oxygen atoms in total. The number of rotatable bonds is 8. The molecule has 3 saturated heterocycles. The van der Waals surface area contributed by atoms with E-state index in [-0.39, 0.29) is 42.6 Å². The fraction of sp³-hybridized carbons (Fsp3) is 0.455. The number of carbonyl (C=O) groups excluding carboxylic acids is 3. The summed E-state index contributed by atoms with van der Waals surface area (Å²) in [5.41, 5.74) is 3.52. The van der Waals surface area contributed by atoms with E-state index in [1.54, 1.807) is 31.5 Å². The molecule has 5 heterocycles. The molecule has 1 N–H and O–H groups in total. The predicted molar refractivity (Wildman–Crippen MR) is 162 cm³/mol. The number of likely N-dealkylation sites (tertiary alicyclic amines) is 1. The maximum Gasteiger partial charge on any atom is 0.255 e. The van der Waals surface area contributed by atoms with Gasteiger partial charge in [-0.15, -0.1) is 0 Å². The summed E-state index contributed by atoms with van der Waals surface area (Å²) in [5.74, 6) is -0.575. The number of ether oxygens (including phenoxy) is 3. The van der Waals surface area contributed by atoms with Gasteiger partial charge in [-0.2, -0.15) is 0 Å². The van der Waals surface area contributed by atoms with Crippen molar-refractivity contribution < 1.29 is 33.0 Å². The largest absolute Gasteiger partial charge is 0.489 e. The van der Waals surface area contributed by atoms with E-state index in [1.165, 1.54) is 4.90 Å². The lowest BCUT2D eigenvalue weighted by Crippen LogP contribution is -2.52. The molecule has 3 atom stereocenters. The van der Waals surface area contributed by atoms with Crippen LogP contribution >= 0.6 is 0 Å². The molecular formula is C33H36FN5O6. The number of methoxy groups -OCH3 is 1. The summed E-state index contributed by atoms with van der Waals surface area (Å²) in [7, 11) is 1.67. The van der Waals surface area contributed by atoms with E-state index >= 15 is 4.39 Å². The molecule has 7 rings (SSSR count). The van der Waals surface area contributed by atoms with E-state index < -0.39 is 11.9 Å². The van der Waals surface area contributed by atoms with Gasteiger partial charge >= 0.3 is 0 Å². The number of nitrogens with zero attached hydrogens (tertiary/aromatic N) is 4. The van der Waals surface area contributed by atoms with Crippen LogP contribution in [-0.2, 0) is 32.2 Å². The van der Waals surface area contributed by atoms with E-state index in [4.69, 9.17) is 14.2 Å². The number of fused-ring (bicyclic) bond motifs is 2.